The van der Waals surface area contributed by atoms with E-state index in [4.69, 9.17) is 27.9 Å². The van der Waals surface area contributed by atoms with Gasteiger partial charge in [0.05, 0.1) is 5.25 Å². The lowest BCUT2D eigenvalue weighted by Gasteiger charge is -2.11. The Bertz CT molecular complexity index is 934. The fourth-order valence-corrected chi connectivity index (χ4v) is 3.35. The Balaban J connectivity index is 1.47. The van der Waals surface area contributed by atoms with Crippen molar-refractivity contribution in [2.45, 2.75) is 30.5 Å². The summed E-state index contributed by atoms with van der Waals surface area (Å²) >= 11 is 13.2. The Morgan fingerprint density at radius 1 is 1.21 bits per heavy atom. The lowest BCUT2D eigenvalue weighted by molar-refractivity contribution is -0.120. The van der Waals surface area contributed by atoms with E-state index in [1.807, 2.05) is 18.2 Å². The van der Waals surface area contributed by atoms with Gasteiger partial charge >= 0.3 is 0 Å². The molecule has 2 N–H and O–H groups in total. The normalized spacial score (nSPS) is 11.8. The van der Waals surface area contributed by atoms with Crippen molar-refractivity contribution in [2.75, 3.05) is 0 Å². The van der Waals surface area contributed by atoms with E-state index < -0.39 is 0 Å². The van der Waals surface area contributed by atoms with Gasteiger partial charge in [-0.1, -0.05) is 53.2 Å². The number of H-pyrrole nitrogens is 1. The minimum Gasteiger partial charge on any atom is -0.486 e. The number of halogens is 2. The number of aromatic nitrogens is 3. The van der Waals surface area contributed by atoms with Crippen molar-refractivity contribution in [3.63, 3.8) is 0 Å². The van der Waals surface area contributed by atoms with Crippen LogP contribution in [0.5, 0.6) is 5.75 Å². The van der Waals surface area contributed by atoms with Gasteiger partial charge < -0.3 is 10.1 Å². The molecule has 1 unspecified atom stereocenters. The first kappa shape index (κ1) is 20.5. The summed E-state index contributed by atoms with van der Waals surface area (Å²) in [7, 11) is 0. The van der Waals surface area contributed by atoms with E-state index in [1.165, 1.54) is 11.8 Å². The molecule has 3 aromatic rings. The predicted octanol–water partition coefficient (Wildman–Crippen LogP) is 4.49. The van der Waals surface area contributed by atoms with Crippen LogP contribution in [0.4, 0.5) is 0 Å². The highest BCUT2D eigenvalue weighted by atomic mass is 35.5. The van der Waals surface area contributed by atoms with Gasteiger partial charge in [-0.05, 0) is 42.8 Å². The number of carbonyl (C=O) groups is 1. The van der Waals surface area contributed by atoms with E-state index in [0.717, 1.165) is 5.56 Å². The summed E-state index contributed by atoms with van der Waals surface area (Å²) in [5.41, 5.74) is 0.870. The Morgan fingerprint density at radius 3 is 2.71 bits per heavy atom. The first-order valence-electron chi connectivity index (χ1n) is 8.48. The SMILES string of the molecule is CC(Sc1n[nH]c(COc2ccc(Cl)cc2)n1)C(=O)NCc1ccccc1Cl. The number of nitrogens with zero attached hydrogens (tertiary/aromatic N) is 2. The standard InChI is InChI=1S/C19H18Cl2N4O2S/c1-12(18(26)22-10-13-4-2-3-5-16(13)21)28-19-23-17(24-25-19)11-27-15-8-6-14(20)7-9-15/h2-9,12H,10-11H2,1H3,(H,22,26)(H,23,24,25). The Hall–Kier alpha value is -2.22. The largest absolute Gasteiger partial charge is 0.486 e. The Kier molecular flexibility index (Phi) is 7.19. The molecule has 0 saturated heterocycles. The van der Waals surface area contributed by atoms with Crippen LogP contribution in [0.1, 0.15) is 18.3 Å². The van der Waals surface area contributed by atoms with E-state index in [2.05, 4.69) is 20.5 Å². The van der Waals surface area contributed by atoms with Crippen LogP contribution in [-0.2, 0) is 17.9 Å². The van der Waals surface area contributed by atoms with Crippen molar-refractivity contribution in [2.24, 2.45) is 0 Å². The molecule has 146 valence electrons. The summed E-state index contributed by atoms with van der Waals surface area (Å²) in [6, 6.07) is 14.5. The molecular weight excluding hydrogens is 419 g/mol. The van der Waals surface area contributed by atoms with Gasteiger partial charge in [-0.25, -0.2) is 4.98 Å². The van der Waals surface area contributed by atoms with Crippen molar-refractivity contribution in [3.05, 3.63) is 70.0 Å². The summed E-state index contributed by atoms with van der Waals surface area (Å²) in [6.45, 7) is 2.41. The quantitative estimate of drug-likeness (QED) is 0.508. The van der Waals surface area contributed by atoms with Crippen LogP contribution in [0.15, 0.2) is 53.7 Å². The van der Waals surface area contributed by atoms with Crippen LogP contribution in [0.3, 0.4) is 0 Å². The van der Waals surface area contributed by atoms with Gasteiger partial charge in [0, 0.05) is 16.6 Å². The first-order chi connectivity index (χ1) is 13.5. The molecule has 6 nitrogen and oxygen atoms in total. The lowest BCUT2D eigenvalue weighted by Crippen LogP contribution is -2.30. The molecule has 0 saturated carbocycles. The molecule has 0 radical (unpaired) electrons. The summed E-state index contributed by atoms with van der Waals surface area (Å²) in [4.78, 5) is 16.6. The highest BCUT2D eigenvalue weighted by Gasteiger charge is 2.17. The predicted molar refractivity (Wildman–Crippen MR) is 111 cm³/mol. The molecule has 1 atom stereocenters. The third-order valence-electron chi connectivity index (χ3n) is 3.76. The number of amides is 1. The van der Waals surface area contributed by atoms with Gasteiger partial charge in [0.1, 0.15) is 12.4 Å². The van der Waals surface area contributed by atoms with Gasteiger partial charge in [-0.2, -0.15) is 0 Å². The van der Waals surface area contributed by atoms with Crippen molar-refractivity contribution >= 4 is 40.9 Å². The molecule has 1 amide bonds. The van der Waals surface area contributed by atoms with Gasteiger partial charge in [0.15, 0.2) is 5.82 Å². The number of hydrogen-bond donors (Lipinski definition) is 2. The molecule has 0 fully saturated rings. The van der Waals surface area contributed by atoms with E-state index in [1.54, 1.807) is 37.3 Å². The third kappa shape index (κ3) is 5.89. The van der Waals surface area contributed by atoms with E-state index in [-0.39, 0.29) is 17.8 Å². The number of benzene rings is 2. The average molecular weight is 437 g/mol. The second-order valence-electron chi connectivity index (χ2n) is 5.88. The molecular formula is C19H18Cl2N4O2S. The minimum atomic E-state index is -0.358. The second kappa shape index (κ2) is 9.82. The van der Waals surface area contributed by atoms with Gasteiger partial charge in [0.2, 0.25) is 11.1 Å². The van der Waals surface area contributed by atoms with E-state index in [0.29, 0.717) is 33.3 Å². The molecule has 0 spiro atoms. The number of nitrogens with one attached hydrogen (secondary N) is 2. The second-order valence-corrected chi connectivity index (χ2v) is 8.03. The van der Waals surface area contributed by atoms with E-state index >= 15 is 0 Å². The zero-order valence-corrected chi connectivity index (χ0v) is 17.3. The molecule has 0 aliphatic rings. The topological polar surface area (TPSA) is 79.9 Å². The zero-order chi connectivity index (χ0) is 19.9. The van der Waals surface area contributed by atoms with Crippen LogP contribution in [-0.4, -0.2) is 26.3 Å². The Labute approximate surface area is 177 Å². The van der Waals surface area contributed by atoms with Gasteiger partial charge in [-0.3, -0.25) is 9.89 Å². The maximum Gasteiger partial charge on any atom is 0.233 e. The monoisotopic (exact) mass is 436 g/mol. The molecule has 0 aliphatic heterocycles. The number of thioether (sulfide) groups is 1. The molecule has 9 heteroatoms. The number of aromatic amines is 1. The number of hydrogen-bond acceptors (Lipinski definition) is 5. The van der Waals surface area contributed by atoms with Crippen molar-refractivity contribution in [3.8, 4) is 5.75 Å². The smallest absolute Gasteiger partial charge is 0.233 e. The average Bonchev–Trinajstić information content (AvgIpc) is 3.14. The molecule has 1 aromatic heterocycles. The Morgan fingerprint density at radius 2 is 1.96 bits per heavy atom. The van der Waals surface area contributed by atoms with Gasteiger partial charge in [0.25, 0.3) is 0 Å². The van der Waals surface area contributed by atoms with E-state index in [9.17, 15) is 4.79 Å². The maximum atomic E-state index is 12.3. The molecule has 3 rings (SSSR count). The van der Waals surface area contributed by atoms with Crippen LogP contribution >= 0.6 is 35.0 Å². The molecule has 2 aromatic carbocycles. The fraction of sp³-hybridized carbons (Fsp3) is 0.211. The van der Waals surface area contributed by atoms with Crippen molar-refractivity contribution in [1.29, 1.82) is 0 Å². The van der Waals surface area contributed by atoms with Crippen molar-refractivity contribution < 1.29 is 9.53 Å². The molecule has 0 aliphatic carbocycles. The van der Waals surface area contributed by atoms with Crippen molar-refractivity contribution in [1.82, 2.24) is 20.5 Å². The highest BCUT2D eigenvalue weighted by Crippen LogP contribution is 2.21. The summed E-state index contributed by atoms with van der Waals surface area (Å²) in [5.74, 6) is 1.14. The maximum absolute atomic E-state index is 12.3. The molecule has 1 heterocycles. The summed E-state index contributed by atoms with van der Waals surface area (Å²) in [5, 5.41) is 11.2. The first-order valence-corrected chi connectivity index (χ1v) is 10.1. The highest BCUT2D eigenvalue weighted by molar-refractivity contribution is 8.00. The lowest BCUT2D eigenvalue weighted by atomic mass is 10.2. The van der Waals surface area contributed by atoms with Crippen LogP contribution < -0.4 is 10.1 Å². The fourth-order valence-electron chi connectivity index (χ4n) is 2.26. The van der Waals surface area contributed by atoms with Crippen LogP contribution in [0, 0.1) is 0 Å². The zero-order valence-electron chi connectivity index (χ0n) is 15.0. The van der Waals surface area contributed by atoms with Crippen LogP contribution in [0.25, 0.3) is 0 Å². The summed E-state index contributed by atoms with van der Waals surface area (Å²) in [6.07, 6.45) is 0. The van der Waals surface area contributed by atoms with Crippen LogP contribution in [0.2, 0.25) is 10.0 Å². The minimum absolute atomic E-state index is 0.117. The number of rotatable bonds is 8. The van der Waals surface area contributed by atoms with Gasteiger partial charge in [-0.15, -0.1) is 5.10 Å². The number of carbonyl (C=O) groups excluding carboxylic acids is 1. The summed E-state index contributed by atoms with van der Waals surface area (Å²) < 4.78 is 5.62. The number of ether oxygens (including phenoxy) is 1. The molecule has 0 bridgehead atoms. The third-order valence-corrected chi connectivity index (χ3v) is 5.34. The molecule has 28 heavy (non-hydrogen) atoms.